The van der Waals surface area contributed by atoms with Crippen molar-refractivity contribution in [3.05, 3.63) is 59.0 Å². The highest BCUT2D eigenvalue weighted by Crippen LogP contribution is 2.44. The zero-order chi connectivity index (χ0) is 20.5. The van der Waals surface area contributed by atoms with Crippen LogP contribution in [0.2, 0.25) is 5.02 Å². The van der Waals surface area contributed by atoms with Gasteiger partial charge in [0.25, 0.3) is 0 Å². The summed E-state index contributed by atoms with van der Waals surface area (Å²) in [6.45, 7) is 0. The molecule has 0 radical (unpaired) electrons. The zero-order valence-corrected chi connectivity index (χ0v) is 17.0. The standard InChI is InChI=1S/C21H20ClN3O4/c1-27-16-8-12(9-17(28-2)20(16)29-3)13-10-18(26)24-21-19(13)23-11-25(21)15-7-5-4-6-14(15)22/h4-9,11,13H,10H2,1-3H3,(H,24,26). The summed E-state index contributed by atoms with van der Waals surface area (Å²) >= 11 is 6.35. The smallest absolute Gasteiger partial charge is 0.226 e. The number of imidazole rings is 1. The molecule has 0 saturated heterocycles. The molecule has 1 aliphatic heterocycles. The Morgan fingerprint density at radius 2 is 1.79 bits per heavy atom. The number of methoxy groups -OCH3 is 3. The van der Waals surface area contributed by atoms with Crippen molar-refractivity contribution in [3.63, 3.8) is 0 Å². The van der Waals surface area contributed by atoms with Crippen LogP contribution in [0, 0.1) is 0 Å². The van der Waals surface area contributed by atoms with E-state index in [0.717, 1.165) is 16.9 Å². The van der Waals surface area contributed by atoms with Crippen molar-refractivity contribution in [2.75, 3.05) is 26.6 Å². The third-order valence-corrected chi connectivity index (χ3v) is 5.29. The van der Waals surface area contributed by atoms with Crippen LogP contribution in [0.4, 0.5) is 5.82 Å². The van der Waals surface area contributed by atoms with E-state index < -0.39 is 0 Å². The molecule has 2 heterocycles. The molecular weight excluding hydrogens is 394 g/mol. The number of nitrogens with zero attached hydrogens (tertiary/aromatic N) is 2. The van der Waals surface area contributed by atoms with Crippen molar-refractivity contribution >= 4 is 23.3 Å². The van der Waals surface area contributed by atoms with Gasteiger partial charge in [0.05, 0.1) is 37.7 Å². The van der Waals surface area contributed by atoms with E-state index in [-0.39, 0.29) is 18.2 Å². The zero-order valence-electron chi connectivity index (χ0n) is 16.2. The number of ether oxygens (including phenoxy) is 3. The number of carbonyl (C=O) groups is 1. The number of nitrogens with one attached hydrogen (secondary N) is 1. The van der Waals surface area contributed by atoms with Crippen LogP contribution in [0.3, 0.4) is 0 Å². The molecule has 0 spiro atoms. The van der Waals surface area contributed by atoms with E-state index in [9.17, 15) is 4.79 Å². The van der Waals surface area contributed by atoms with Crippen molar-refractivity contribution in [2.24, 2.45) is 0 Å². The van der Waals surface area contributed by atoms with E-state index in [2.05, 4.69) is 10.3 Å². The summed E-state index contributed by atoms with van der Waals surface area (Å²) in [5.41, 5.74) is 2.34. The number of hydrogen-bond donors (Lipinski definition) is 1. The van der Waals surface area contributed by atoms with E-state index in [1.165, 1.54) is 0 Å². The maximum Gasteiger partial charge on any atom is 0.226 e. The van der Waals surface area contributed by atoms with Crippen molar-refractivity contribution in [1.82, 2.24) is 9.55 Å². The van der Waals surface area contributed by atoms with E-state index in [1.807, 2.05) is 30.3 Å². The average molecular weight is 414 g/mol. The number of anilines is 1. The Morgan fingerprint density at radius 1 is 1.10 bits per heavy atom. The lowest BCUT2D eigenvalue weighted by molar-refractivity contribution is -0.116. The molecule has 1 N–H and O–H groups in total. The van der Waals surface area contributed by atoms with Gasteiger partial charge in [-0.15, -0.1) is 0 Å². The molecule has 1 aromatic heterocycles. The Bertz CT molecular complexity index is 1050. The van der Waals surface area contributed by atoms with Crippen LogP contribution >= 0.6 is 11.6 Å². The number of fused-ring (bicyclic) bond motifs is 1. The fourth-order valence-corrected chi connectivity index (χ4v) is 3.84. The van der Waals surface area contributed by atoms with Gasteiger partial charge in [-0.2, -0.15) is 0 Å². The number of carbonyl (C=O) groups excluding carboxylic acids is 1. The van der Waals surface area contributed by atoms with E-state index in [4.69, 9.17) is 25.8 Å². The second kappa shape index (κ2) is 7.67. The minimum atomic E-state index is -0.267. The van der Waals surface area contributed by atoms with Crippen LogP contribution in [0.25, 0.3) is 5.69 Å². The third kappa shape index (κ3) is 3.27. The Morgan fingerprint density at radius 3 is 2.41 bits per heavy atom. The minimum Gasteiger partial charge on any atom is -0.493 e. The van der Waals surface area contributed by atoms with Crippen molar-refractivity contribution in [3.8, 4) is 22.9 Å². The lowest BCUT2D eigenvalue weighted by Gasteiger charge is -2.25. The second-order valence-electron chi connectivity index (χ2n) is 6.56. The predicted octanol–water partition coefficient (Wildman–Crippen LogP) is 4.03. The topological polar surface area (TPSA) is 74.6 Å². The van der Waals surface area contributed by atoms with Gasteiger partial charge in [-0.1, -0.05) is 23.7 Å². The van der Waals surface area contributed by atoms with Gasteiger partial charge in [-0.3, -0.25) is 9.36 Å². The van der Waals surface area contributed by atoms with Crippen LogP contribution in [0.5, 0.6) is 17.2 Å². The summed E-state index contributed by atoms with van der Waals surface area (Å²) in [5.74, 6) is 1.79. The van der Waals surface area contributed by atoms with Gasteiger partial charge >= 0.3 is 0 Å². The summed E-state index contributed by atoms with van der Waals surface area (Å²) < 4.78 is 18.1. The molecule has 4 rings (SSSR count). The van der Waals surface area contributed by atoms with Gasteiger partial charge in [0.2, 0.25) is 11.7 Å². The SMILES string of the molecule is COc1cc(C2CC(=O)Nc3c2ncn3-c2ccccc2Cl)cc(OC)c1OC. The summed E-state index contributed by atoms with van der Waals surface area (Å²) in [4.78, 5) is 17.1. The van der Waals surface area contributed by atoms with Crippen LogP contribution in [-0.4, -0.2) is 36.8 Å². The molecule has 1 amide bonds. The van der Waals surface area contributed by atoms with Crippen LogP contribution in [0.1, 0.15) is 23.6 Å². The quantitative estimate of drug-likeness (QED) is 0.683. The summed E-state index contributed by atoms with van der Waals surface area (Å²) in [6, 6.07) is 11.1. The molecule has 0 bridgehead atoms. The molecule has 3 aromatic rings. The first-order chi connectivity index (χ1) is 14.1. The molecule has 8 heteroatoms. The second-order valence-corrected chi connectivity index (χ2v) is 6.97. The first-order valence-corrected chi connectivity index (χ1v) is 9.37. The van der Waals surface area contributed by atoms with E-state index in [1.54, 1.807) is 38.3 Å². The third-order valence-electron chi connectivity index (χ3n) is 4.97. The first-order valence-electron chi connectivity index (χ1n) is 8.99. The van der Waals surface area contributed by atoms with Crippen molar-refractivity contribution in [1.29, 1.82) is 0 Å². The van der Waals surface area contributed by atoms with Crippen molar-refractivity contribution in [2.45, 2.75) is 12.3 Å². The number of para-hydroxylation sites is 1. The Kier molecular flexibility index (Phi) is 5.07. The average Bonchev–Trinajstić information content (AvgIpc) is 3.15. The van der Waals surface area contributed by atoms with Gasteiger partial charge < -0.3 is 19.5 Å². The normalized spacial score (nSPS) is 15.4. The fraction of sp³-hybridized carbons (Fsp3) is 0.238. The molecular formula is C21H20ClN3O4. The lowest BCUT2D eigenvalue weighted by atomic mass is 9.89. The molecule has 1 atom stereocenters. The molecule has 29 heavy (non-hydrogen) atoms. The maximum absolute atomic E-state index is 12.5. The molecule has 0 aliphatic carbocycles. The largest absolute Gasteiger partial charge is 0.493 e. The number of halogens is 1. The number of hydrogen-bond acceptors (Lipinski definition) is 5. The highest BCUT2D eigenvalue weighted by atomic mass is 35.5. The molecule has 0 fully saturated rings. The highest BCUT2D eigenvalue weighted by Gasteiger charge is 2.32. The molecule has 2 aromatic carbocycles. The molecule has 150 valence electrons. The fourth-order valence-electron chi connectivity index (χ4n) is 3.61. The van der Waals surface area contributed by atoms with Crippen molar-refractivity contribution < 1.29 is 19.0 Å². The summed E-state index contributed by atoms with van der Waals surface area (Å²) in [7, 11) is 4.68. The molecule has 7 nitrogen and oxygen atoms in total. The molecule has 1 aliphatic rings. The highest BCUT2D eigenvalue weighted by molar-refractivity contribution is 6.32. The number of amides is 1. The number of benzene rings is 2. The minimum absolute atomic E-state index is 0.106. The van der Waals surface area contributed by atoms with E-state index in [0.29, 0.717) is 28.1 Å². The predicted molar refractivity (Wildman–Crippen MR) is 110 cm³/mol. The summed E-state index contributed by atoms with van der Waals surface area (Å²) in [5, 5.41) is 3.50. The van der Waals surface area contributed by atoms with Gasteiger partial charge in [-0.25, -0.2) is 4.98 Å². The number of aromatic nitrogens is 2. The van der Waals surface area contributed by atoms with Crippen LogP contribution in [-0.2, 0) is 4.79 Å². The number of rotatable bonds is 5. The van der Waals surface area contributed by atoms with Gasteiger partial charge in [-0.05, 0) is 29.8 Å². The molecule has 0 saturated carbocycles. The Labute approximate surface area is 173 Å². The monoisotopic (exact) mass is 413 g/mol. The van der Waals surface area contributed by atoms with Crippen LogP contribution < -0.4 is 19.5 Å². The maximum atomic E-state index is 12.5. The summed E-state index contributed by atoms with van der Waals surface area (Å²) in [6.07, 6.45) is 1.92. The Hall–Kier alpha value is -3.19. The van der Waals surface area contributed by atoms with E-state index >= 15 is 0 Å². The molecule has 1 unspecified atom stereocenters. The van der Waals surface area contributed by atoms with Gasteiger partial charge in [0, 0.05) is 12.3 Å². The first kappa shape index (κ1) is 19.1. The van der Waals surface area contributed by atoms with Crippen LogP contribution in [0.15, 0.2) is 42.7 Å². The van der Waals surface area contributed by atoms with Gasteiger partial charge in [0.15, 0.2) is 11.5 Å². The van der Waals surface area contributed by atoms with Gasteiger partial charge in [0.1, 0.15) is 12.1 Å². The lowest BCUT2D eigenvalue weighted by Crippen LogP contribution is -2.25. The Balaban J connectivity index is 1.85.